The monoisotopic (exact) mass is 778 g/mol. The third-order valence-electron chi connectivity index (χ3n) is 12.2. The Morgan fingerprint density at radius 3 is 1.62 bits per heavy atom. The van der Waals surface area contributed by atoms with Crippen molar-refractivity contribution in [2.45, 2.75) is 0 Å². The summed E-state index contributed by atoms with van der Waals surface area (Å²) in [4.78, 5) is 2.40. The Labute approximate surface area is 353 Å². The van der Waals surface area contributed by atoms with E-state index in [1.54, 1.807) is 0 Å². The van der Waals surface area contributed by atoms with E-state index < -0.39 is 0 Å². The smallest absolute Gasteiger partial charge is 0.136 e. The number of anilines is 3. The van der Waals surface area contributed by atoms with Crippen molar-refractivity contribution in [2.24, 2.45) is 0 Å². The highest BCUT2D eigenvalue weighted by molar-refractivity contribution is 6.17. The van der Waals surface area contributed by atoms with E-state index in [2.05, 4.69) is 234 Å². The lowest BCUT2D eigenvalue weighted by atomic mass is 9.93. The maximum absolute atomic E-state index is 6.34. The summed E-state index contributed by atoms with van der Waals surface area (Å²) in [6.45, 7) is 0. The van der Waals surface area contributed by atoms with Crippen LogP contribution in [0.25, 0.3) is 93.6 Å². The molecular weight excluding hydrogens is 741 g/mol. The van der Waals surface area contributed by atoms with E-state index in [0.717, 1.165) is 55.8 Å². The lowest BCUT2D eigenvalue weighted by Crippen LogP contribution is -2.10. The second-order valence-corrected chi connectivity index (χ2v) is 15.7. The number of aromatic nitrogens is 1. The molecule has 0 atom stereocenters. The highest BCUT2D eigenvalue weighted by Gasteiger charge is 2.20. The fourth-order valence-electron chi connectivity index (χ4n) is 9.40. The molecule has 0 spiro atoms. The minimum Gasteiger partial charge on any atom is -0.456 e. The van der Waals surface area contributed by atoms with Gasteiger partial charge in [0.05, 0.1) is 16.7 Å². The van der Waals surface area contributed by atoms with E-state index in [4.69, 9.17) is 4.42 Å². The van der Waals surface area contributed by atoms with Crippen LogP contribution in [0.5, 0.6) is 0 Å². The summed E-state index contributed by atoms with van der Waals surface area (Å²) in [6.07, 6.45) is 0. The Morgan fingerprint density at radius 2 is 0.885 bits per heavy atom. The molecule has 0 fully saturated rings. The Balaban J connectivity index is 0.977. The van der Waals surface area contributed by atoms with Crippen LogP contribution in [0, 0.1) is 0 Å². The number of para-hydroxylation sites is 3. The normalized spacial score (nSPS) is 11.6. The van der Waals surface area contributed by atoms with Crippen LogP contribution in [-0.2, 0) is 0 Å². The van der Waals surface area contributed by atoms with Gasteiger partial charge in [-0.2, -0.15) is 0 Å². The van der Waals surface area contributed by atoms with Crippen LogP contribution in [0.4, 0.5) is 17.1 Å². The predicted molar refractivity (Wildman–Crippen MR) is 257 cm³/mol. The zero-order valence-corrected chi connectivity index (χ0v) is 33.2. The minimum absolute atomic E-state index is 0.896. The van der Waals surface area contributed by atoms with Crippen molar-refractivity contribution in [1.82, 2.24) is 4.57 Å². The molecule has 3 heteroatoms. The average Bonchev–Trinajstić information content (AvgIpc) is 3.89. The van der Waals surface area contributed by atoms with Crippen LogP contribution in [0.3, 0.4) is 0 Å². The number of hydrogen-bond donors (Lipinski definition) is 0. The van der Waals surface area contributed by atoms with Gasteiger partial charge in [-0.15, -0.1) is 0 Å². The summed E-state index contributed by atoms with van der Waals surface area (Å²) in [5, 5.41) is 7.15. The van der Waals surface area contributed by atoms with E-state index in [1.165, 1.54) is 54.8 Å². The quantitative estimate of drug-likeness (QED) is 0.161. The Bertz CT molecular complexity index is 3520. The maximum atomic E-state index is 6.34. The second kappa shape index (κ2) is 14.3. The van der Waals surface area contributed by atoms with Gasteiger partial charge in [0.2, 0.25) is 0 Å². The largest absolute Gasteiger partial charge is 0.456 e. The van der Waals surface area contributed by atoms with Crippen molar-refractivity contribution in [3.8, 4) is 39.1 Å². The van der Waals surface area contributed by atoms with Gasteiger partial charge in [-0.25, -0.2) is 0 Å². The molecule has 0 saturated heterocycles. The first-order chi connectivity index (χ1) is 30.3. The molecular formula is C58H38N2O. The third kappa shape index (κ3) is 5.82. The number of hydrogen-bond acceptors (Lipinski definition) is 2. The average molecular weight is 779 g/mol. The fourth-order valence-corrected chi connectivity index (χ4v) is 9.40. The van der Waals surface area contributed by atoms with Crippen molar-refractivity contribution in [1.29, 1.82) is 0 Å². The first-order valence-electron chi connectivity index (χ1n) is 20.8. The lowest BCUT2D eigenvalue weighted by molar-refractivity contribution is 0.669. The molecule has 0 unspecified atom stereocenters. The van der Waals surface area contributed by atoms with Gasteiger partial charge >= 0.3 is 0 Å². The van der Waals surface area contributed by atoms with Crippen molar-refractivity contribution < 1.29 is 4.42 Å². The van der Waals surface area contributed by atoms with Crippen molar-refractivity contribution in [3.05, 3.63) is 231 Å². The summed E-state index contributed by atoms with van der Waals surface area (Å²) in [7, 11) is 0. The van der Waals surface area contributed by atoms with Crippen LogP contribution in [0.1, 0.15) is 0 Å². The summed E-state index contributed by atoms with van der Waals surface area (Å²) in [6, 6.07) is 82.9. The number of nitrogens with zero attached hydrogens (tertiary/aromatic N) is 2. The first-order valence-corrected chi connectivity index (χ1v) is 20.8. The van der Waals surface area contributed by atoms with E-state index in [9.17, 15) is 0 Å². The molecule has 10 aromatic carbocycles. The molecule has 0 aliphatic carbocycles. The zero-order valence-electron chi connectivity index (χ0n) is 33.2. The van der Waals surface area contributed by atoms with Gasteiger partial charge in [0.1, 0.15) is 11.2 Å². The van der Waals surface area contributed by atoms with Crippen LogP contribution in [-0.4, -0.2) is 4.57 Å². The minimum atomic E-state index is 0.896. The van der Waals surface area contributed by atoms with Crippen molar-refractivity contribution in [2.75, 3.05) is 4.90 Å². The molecule has 0 saturated carbocycles. The van der Waals surface area contributed by atoms with Crippen LogP contribution in [0.2, 0.25) is 0 Å². The molecule has 286 valence electrons. The van der Waals surface area contributed by atoms with Crippen molar-refractivity contribution >= 4 is 71.6 Å². The van der Waals surface area contributed by atoms with E-state index in [-0.39, 0.29) is 0 Å². The Morgan fingerprint density at radius 1 is 0.328 bits per heavy atom. The SMILES string of the molecule is c1ccc(-c2cccc(N(c3ccc(-c4ccc(-n5c6ccccc6c6ccccc65)cc4)cc3)c3ccc(-c4cccc5oc6ccccc6c45)c4ccccc34)c2)cc1. The van der Waals surface area contributed by atoms with Crippen molar-refractivity contribution in [3.63, 3.8) is 0 Å². The molecule has 0 aliphatic heterocycles. The number of benzene rings is 10. The highest BCUT2D eigenvalue weighted by Crippen LogP contribution is 2.45. The second-order valence-electron chi connectivity index (χ2n) is 15.7. The highest BCUT2D eigenvalue weighted by atomic mass is 16.3. The third-order valence-corrected chi connectivity index (χ3v) is 12.2. The van der Waals surface area contributed by atoms with Gasteiger partial charge in [-0.3, -0.25) is 0 Å². The summed E-state index contributed by atoms with van der Waals surface area (Å²) < 4.78 is 8.71. The molecule has 0 amide bonds. The summed E-state index contributed by atoms with van der Waals surface area (Å²) >= 11 is 0. The molecule has 61 heavy (non-hydrogen) atoms. The molecule has 12 aromatic rings. The Kier molecular flexibility index (Phi) is 8.17. The fraction of sp³-hybridized carbons (Fsp3) is 0. The molecule has 0 N–H and O–H groups in total. The number of fused-ring (bicyclic) bond motifs is 7. The molecule has 0 aliphatic rings. The summed E-state index contributed by atoms with van der Waals surface area (Å²) in [5.41, 5.74) is 15.7. The van der Waals surface area contributed by atoms with Gasteiger partial charge in [-0.1, -0.05) is 164 Å². The topological polar surface area (TPSA) is 21.3 Å². The van der Waals surface area contributed by atoms with Crippen LogP contribution >= 0.6 is 0 Å². The molecule has 3 nitrogen and oxygen atoms in total. The van der Waals surface area contributed by atoms with E-state index in [0.29, 0.717) is 0 Å². The van der Waals surface area contributed by atoms with Gasteiger partial charge in [-0.05, 0) is 105 Å². The number of furan rings is 1. The van der Waals surface area contributed by atoms with Gasteiger partial charge in [0.25, 0.3) is 0 Å². The molecule has 12 rings (SSSR count). The van der Waals surface area contributed by atoms with Gasteiger partial charge in [0.15, 0.2) is 0 Å². The van der Waals surface area contributed by atoms with Gasteiger partial charge < -0.3 is 13.9 Å². The van der Waals surface area contributed by atoms with E-state index >= 15 is 0 Å². The predicted octanol–water partition coefficient (Wildman–Crippen LogP) is 16.3. The van der Waals surface area contributed by atoms with Gasteiger partial charge in [0, 0.05) is 44.0 Å². The maximum Gasteiger partial charge on any atom is 0.136 e. The molecule has 2 heterocycles. The lowest BCUT2D eigenvalue weighted by Gasteiger charge is -2.28. The summed E-state index contributed by atoms with van der Waals surface area (Å²) in [5.74, 6) is 0. The zero-order chi connectivity index (χ0) is 40.3. The first kappa shape index (κ1) is 34.9. The van der Waals surface area contributed by atoms with Crippen LogP contribution < -0.4 is 4.90 Å². The number of rotatable bonds is 7. The van der Waals surface area contributed by atoms with Crippen LogP contribution in [0.15, 0.2) is 235 Å². The molecule has 0 bridgehead atoms. The molecule has 2 aromatic heterocycles. The molecule has 0 radical (unpaired) electrons. The Hall–Kier alpha value is -8.14. The standard InChI is InChI=1S/C58H38N2O/c1-2-14-39(15-3-1)42-16-12-17-45(38-42)59(55-37-36-47(46-18-4-5-19-48(46)55)51-23-13-27-57-58(51)52-22-8-11-26-56(52)61-57)43-32-28-40(29-33-43)41-30-34-44(35-31-41)60-53-24-9-6-20-49(53)50-21-7-10-25-54(50)60/h1-38H. The van der Waals surface area contributed by atoms with E-state index in [1.807, 2.05) is 6.07 Å².